The van der Waals surface area contributed by atoms with Crippen molar-refractivity contribution in [2.45, 2.75) is 5.79 Å². The molecule has 2 aliphatic rings. The number of aromatic hydroxyl groups is 1. The van der Waals surface area contributed by atoms with E-state index in [1.807, 2.05) is 6.07 Å². The molecule has 0 atom stereocenters. The van der Waals surface area contributed by atoms with Crippen molar-refractivity contribution in [1.82, 2.24) is 0 Å². The Morgan fingerprint density at radius 2 is 2.00 bits per heavy atom. The zero-order valence-corrected chi connectivity index (χ0v) is 12.2. The first-order valence-corrected chi connectivity index (χ1v) is 7.24. The molecular formula is C17H14N2O4. The smallest absolute Gasteiger partial charge is 0.289 e. The molecule has 4 rings (SSSR count). The molecule has 116 valence electrons. The van der Waals surface area contributed by atoms with Crippen molar-refractivity contribution in [3.63, 3.8) is 0 Å². The molecule has 0 aromatic heterocycles. The molecule has 1 saturated heterocycles. The SMILES string of the molecule is O=C1Nc2ccc(N=Cc3cccc(O)c3)cc2C12OCCO2. The van der Waals surface area contributed by atoms with Crippen LogP contribution in [-0.4, -0.2) is 30.4 Å². The quantitative estimate of drug-likeness (QED) is 0.834. The molecule has 6 heteroatoms. The number of nitrogens with one attached hydrogen (secondary N) is 1. The summed E-state index contributed by atoms with van der Waals surface area (Å²) in [7, 11) is 0. The van der Waals surface area contributed by atoms with Crippen LogP contribution in [0.1, 0.15) is 11.1 Å². The predicted molar refractivity (Wildman–Crippen MR) is 84.0 cm³/mol. The summed E-state index contributed by atoms with van der Waals surface area (Å²) in [6.45, 7) is 0.757. The number of anilines is 1. The van der Waals surface area contributed by atoms with Crippen molar-refractivity contribution in [2.75, 3.05) is 18.5 Å². The number of phenolic OH excluding ortho intramolecular Hbond substituents is 1. The number of hydrogen-bond acceptors (Lipinski definition) is 5. The Balaban J connectivity index is 1.68. The maximum absolute atomic E-state index is 12.2. The van der Waals surface area contributed by atoms with Gasteiger partial charge in [-0.3, -0.25) is 9.79 Å². The van der Waals surface area contributed by atoms with Crippen LogP contribution in [0.5, 0.6) is 5.75 Å². The van der Waals surface area contributed by atoms with Gasteiger partial charge in [0, 0.05) is 11.8 Å². The fourth-order valence-electron chi connectivity index (χ4n) is 2.77. The van der Waals surface area contributed by atoms with Gasteiger partial charge >= 0.3 is 0 Å². The fraction of sp³-hybridized carbons (Fsp3) is 0.176. The van der Waals surface area contributed by atoms with E-state index in [0.717, 1.165) is 5.56 Å². The zero-order valence-electron chi connectivity index (χ0n) is 12.2. The Bertz CT molecular complexity index is 810. The Kier molecular flexibility index (Phi) is 3.14. The molecule has 2 N–H and O–H groups in total. The third kappa shape index (κ3) is 2.28. The van der Waals surface area contributed by atoms with E-state index in [4.69, 9.17) is 9.47 Å². The number of benzene rings is 2. The van der Waals surface area contributed by atoms with E-state index in [1.54, 1.807) is 42.6 Å². The van der Waals surface area contributed by atoms with Crippen LogP contribution < -0.4 is 5.32 Å². The Morgan fingerprint density at radius 3 is 2.78 bits per heavy atom. The third-order valence-corrected chi connectivity index (χ3v) is 3.83. The maximum atomic E-state index is 12.2. The number of carbonyl (C=O) groups is 1. The molecule has 0 aliphatic carbocycles. The van der Waals surface area contributed by atoms with Crippen LogP contribution in [0.2, 0.25) is 0 Å². The predicted octanol–water partition coefficient (Wildman–Crippen LogP) is 2.29. The van der Waals surface area contributed by atoms with E-state index in [2.05, 4.69) is 10.3 Å². The monoisotopic (exact) mass is 310 g/mol. The van der Waals surface area contributed by atoms with Gasteiger partial charge in [0.2, 0.25) is 0 Å². The van der Waals surface area contributed by atoms with Gasteiger partial charge in [-0.2, -0.15) is 0 Å². The molecule has 0 radical (unpaired) electrons. The minimum absolute atomic E-state index is 0.185. The lowest BCUT2D eigenvalue weighted by Gasteiger charge is -2.19. The topological polar surface area (TPSA) is 80.2 Å². The van der Waals surface area contributed by atoms with E-state index in [-0.39, 0.29) is 11.7 Å². The Morgan fingerprint density at radius 1 is 1.17 bits per heavy atom. The maximum Gasteiger partial charge on any atom is 0.289 e. The number of carbonyl (C=O) groups excluding carboxylic acids is 1. The molecule has 2 aliphatic heterocycles. The number of aliphatic imine (C=N–C) groups is 1. The van der Waals surface area contributed by atoms with Gasteiger partial charge < -0.3 is 19.9 Å². The van der Waals surface area contributed by atoms with E-state index in [9.17, 15) is 9.90 Å². The van der Waals surface area contributed by atoms with E-state index in [0.29, 0.717) is 30.2 Å². The Labute approximate surface area is 132 Å². The van der Waals surface area contributed by atoms with E-state index >= 15 is 0 Å². The van der Waals surface area contributed by atoms with Crippen molar-refractivity contribution in [2.24, 2.45) is 4.99 Å². The number of ether oxygens (including phenoxy) is 2. The van der Waals surface area contributed by atoms with Crippen LogP contribution >= 0.6 is 0 Å². The standard InChI is InChI=1S/C17H14N2O4/c20-13-3-1-2-11(8-13)10-18-12-4-5-15-14(9-12)17(16(21)19-15)22-6-7-23-17/h1-5,8-10,20H,6-7H2,(H,19,21). The van der Waals surface area contributed by atoms with Gasteiger partial charge in [-0.1, -0.05) is 12.1 Å². The minimum Gasteiger partial charge on any atom is -0.508 e. The van der Waals surface area contributed by atoms with E-state index < -0.39 is 5.79 Å². The second kappa shape index (κ2) is 5.19. The summed E-state index contributed by atoms with van der Waals surface area (Å²) in [4.78, 5) is 16.5. The van der Waals surface area contributed by atoms with Crippen LogP contribution in [0.3, 0.4) is 0 Å². The average molecular weight is 310 g/mol. The van der Waals surface area contributed by atoms with Gasteiger partial charge in [-0.25, -0.2) is 0 Å². The summed E-state index contributed by atoms with van der Waals surface area (Å²) in [6.07, 6.45) is 1.65. The highest BCUT2D eigenvalue weighted by Crippen LogP contribution is 2.43. The number of hydrogen-bond donors (Lipinski definition) is 2. The summed E-state index contributed by atoms with van der Waals surface area (Å²) in [5.41, 5.74) is 2.77. The highest BCUT2D eigenvalue weighted by molar-refractivity contribution is 6.04. The first kappa shape index (κ1) is 13.9. The van der Waals surface area contributed by atoms with Gasteiger partial charge in [0.05, 0.1) is 24.6 Å². The molecular weight excluding hydrogens is 296 g/mol. The van der Waals surface area contributed by atoms with Crippen molar-refractivity contribution >= 4 is 23.5 Å². The number of phenols is 1. The molecule has 2 aromatic carbocycles. The molecule has 0 bridgehead atoms. The molecule has 23 heavy (non-hydrogen) atoms. The number of rotatable bonds is 2. The lowest BCUT2D eigenvalue weighted by molar-refractivity contribution is -0.178. The highest BCUT2D eigenvalue weighted by atomic mass is 16.7. The van der Waals surface area contributed by atoms with Gasteiger partial charge in [0.15, 0.2) is 0 Å². The van der Waals surface area contributed by atoms with Gasteiger partial charge in [0.25, 0.3) is 11.7 Å². The first-order chi connectivity index (χ1) is 11.2. The summed E-state index contributed by atoms with van der Waals surface area (Å²) in [5, 5.41) is 12.2. The summed E-state index contributed by atoms with van der Waals surface area (Å²) < 4.78 is 11.1. The van der Waals surface area contributed by atoms with Gasteiger partial charge in [-0.15, -0.1) is 0 Å². The third-order valence-electron chi connectivity index (χ3n) is 3.83. The van der Waals surface area contributed by atoms with Crippen molar-refractivity contribution in [1.29, 1.82) is 0 Å². The molecule has 2 heterocycles. The normalized spacial score (nSPS) is 18.5. The lowest BCUT2D eigenvalue weighted by atomic mass is 10.1. The van der Waals surface area contributed by atoms with Crippen molar-refractivity contribution in [3.05, 3.63) is 53.6 Å². The number of amides is 1. The molecule has 6 nitrogen and oxygen atoms in total. The van der Waals surface area contributed by atoms with Gasteiger partial charge in [-0.05, 0) is 35.9 Å². The van der Waals surface area contributed by atoms with Crippen molar-refractivity contribution < 1.29 is 19.4 Å². The molecule has 0 unspecified atom stereocenters. The van der Waals surface area contributed by atoms with Crippen LogP contribution in [-0.2, 0) is 20.1 Å². The zero-order chi connectivity index (χ0) is 15.9. The minimum atomic E-state index is -1.34. The molecule has 1 spiro atoms. The second-order valence-corrected chi connectivity index (χ2v) is 5.35. The average Bonchev–Trinajstić information content (AvgIpc) is 3.14. The summed E-state index contributed by atoms with van der Waals surface area (Å²) in [6, 6.07) is 12.2. The molecule has 2 aromatic rings. The molecule has 0 saturated carbocycles. The molecule has 1 fully saturated rings. The number of nitrogens with zero attached hydrogens (tertiary/aromatic N) is 1. The first-order valence-electron chi connectivity index (χ1n) is 7.24. The molecule has 1 amide bonds. The fourth-order valence-corrected chi connectivity index (χ4v) is 2.77. The van der Waals surface area contributed by atoms with Crippen molar-refractivity contribution in [3.8, 4) is 5.75 Å². The summed E-state index contributed by atoms with van der Waals surface area (Å²) >= 11 is 0. The highest BCUT2D eigenvalue weighted by Gasteiger charge is 2.52. The van der Waals surface area contributed by atoms with E-state index in [1.165, 1.54) is 0 Å². The van der Waals surface area contributed by atoms with Crippen LogP contribution in [0.15, 0.2) is 47.5 Å². The van der Waals surface area contributed by atoms with Gasteiger partial charge in [0.1, 0.15) is 5.75 Å². The largest absolute Gasteiger partial charge is 0.508 e. The van der Waals surface area contributed by atoms with Crippen LogP contribution in [0.4, 0.5) is 11.4 Å². The number of fused-ring (bicyclic) bond motifs is 2. The second-order valence-electron chi connectivity index (χ2n) is 5.35. The lowest BCUT2D eigenvalue weighted by Crippen LogP contribution is -2.35. The van der Waals surface area contributed by atoms with Crippen LogP contribution in [0.25, 0.3) is 0 Å². The summed E-state index contributed by atoms with van der Waals surface area (Å²) in [5.74, 6) is -1.46. The Hall–Kier alpha value is -2.70. The van der Waals surface area contributed by atoms with Crippen LogP contribution in [0, 0.1) is 0 Å².